The number of rotatable bonds is 0. The Morgan fingerprint density at radius 2 is 2.30 bits per heavy atom. The van der Waals surface area contributed by atoms with Gasteiger partial charge in [-0.05, 0) is 18.6 Å². The van der Waals surface area contributed by atoms with Crippen LogP contribution in [0.2, 0.25) is 0 Å². The normalized spacial score (nSPS) is 25.0. The van der Waals surface area contributed by atoms with Gasteiger partial charge < -0.3 is 4.57 Å². The molecular formula is C8H8BN. The fourth-order valence-electron chi connectivity index (χ4n) is 2.06. The summed E-state index contributed by atoms with van der Waals surface area (Å²) in [6.07, 6.45) is 3.58. The van der Waals surface area contributed by atoms with E-state index in [1.807, 2.05) is 0 Å². The maximum Gasteiger partial charge on any atom is 0.178 e. The molecule has 2 aliphatic heterocycles. The van der Waals surface area contributed by atoms with Crippen molar-refractivity contribution in [1.82, 2.24) is 4.57 Å². The van der Waals surface area contributed by atoms with E-state index in [0.717, 1.165) is 5.94 Å². The quantitative estimate of drug-likeness (QED) is 0.410. The molecule has 0 amide bonds. The van der Waals surface area contributed by atoms with E-state index < -0.39 is 0 Å². The zero-order chi connectivity index (χ0) is 6.55. The van der Waals surface area contributed by atoms with Gasteiger partial charge >= 0.3 is 0 Å². The van der Waals surface area contributed by atoms with Gasteiger partial charge in [-0.25, -0.2) is 0 Å². The lowest BCUT2D eigenvalue weighted by Crippen LogP contribution is -2.21. The first-order chi connectivity index (χ1) is 4.95. The zero-order valence-corrected chi connectivity index (χ0v) is 5.75. The number of hydrogen-bond acceptors (Lipinski definition) is 0. The van der Waals surface area contributed by atoms with Crippen molar-refractivity contribution >= 4 is 19.3 Å². The van der Waals surface area contributed by atoms with Crippen molar-refractivity contribution in [2.75, 3.05) is 0 Å². The molecule has 3 heterocycles. The third kappa shape index (κ3) is 0.386. The van der Waals surface area contributed by atoms with E-state index in [0.29, 0.717) is 0 Å². The molecule has 48 valence electrons. The van der Waals surface area contributed by atoms with Gasteiger partial charge in [0, 0.05) is 16.6 Å². The van der Waals surface area contributed by atoms with Crippen molar-refractivity contribution in [3.8, 4) is 0 Å². The van der Waals surface area contributed by atoms with Crippen LogP contribution in [0, 0.1) is 0 Å². The fourth-order valence-corrected chi connectivity index (χ4v) is 2.06. The van der Waals surface area contributed by atoms with E-state index in [4.69, 9.17) is 0 Å². The Labute approximate surface area is 59.9 Å². The average Bonchev–Trinajstić information content (AvgIpc) is 2.56. The second-order valence-corrected chi connectivity index (χ2v) is 3.09. The SMILES string of the molecule is B1C=c2ccc3n2[C@H]1CC=3. The van der Waals surface area contributed by atoms with Gasteiger partial charge in [0.2, 0.25) is 0 Å². The predicted molar refractivity (Wildman–Crippen MR) is 43.4 cm³/mol. The molecule has 1 nitrogen and oxygen atoms in total. The first-order valence-corrected chi connectivity index (χ1v) is 3.83. The molecule has 1 atom stereocenters. The summed E-state index contributed by atoms with van der Waals surface area (Å²) in [6.45, 7) is 0. The largest absolute Gasteiger partial charge is 0.347 e. The van der Waals surface area contributed by atoms with E-state index in [1.165, 1.54) is 24.4 Å². The van der Waals surface area contributed by atoms with E-state index in [2.05, 4.69) is 28.8 Å². The second kappa shape index (κ2) is 1.39. The minimum atomic E-state index is 0.778. The molecule has 3 rings (SSSR count). The number of hydrogen-bond donors (Lipinski definition) is 0. The summed E-state index contributed by atoms with van der Waals surface area (Å²) in [5.41, 5.74) is 0. The monoisotopic (exact) mass is 129 g/mol. The van der Waals surface area contributed by atoms with Crippen molar-refractivity contribution in [2.24, 2.45) is 0 Å². The van der Waals surface area contributed by atoms with Gasteiger partial charge in [0.1, 0.15) is 0 Å². The van der Waals surface area contributed by atoms with Crippen LogP contribution < -0.4 is 10.7 Å². The Morgan fingerprint density at radius 1 is 1.40 bits per heavy atom. The lowest BCUT2D eigenvalue weighted by atomic mass is 9.71. The predicted octanol–water partition coefficient (Wildman–Crippen LogP) is -0.641. The molecular weight excluding hydrogens is 121 g/mol. The van der Waals surface area contributed by atoms with Crippen molar-refractivity contribution in [3.05, 3.63) is 22.8 Å². The zero-order valence-electron chi connectivity index (χ0n) is 5.75. The van der Waals surface area contributed by atoms with Crippen molar-refractivity contribution in [1.29, 1.82) is 0 Å². The molecule has 0 saturated carbocycles. The molecule has 0 bridgehead atoms. The third-order valence-electron chi connectivity index (χ3n) is 2.54. The van der Waals surface area contributed by atoms with E-state index in [-0.39, 0.29) is 0 Å². The molecule has 0 N–H and O–H groups in total. The summed E-state index contributed by atoms with van der Waals surface area (Å²) in [7, 11) is 1.25. The molecule has 0 fully saturated rings. The lowest BCUT2D eigenvalue weighted by molar-refractivity contribution is 0.701. The summed E-state index contributed by atoms with van der Waals surface area (Å²) in [5, 5.41) is 2.85. The van der Waals surface area contributed by atoms with Crippen LogP contribution in [0.4, 0.5) is 0 Å². The highest BCUT2D eigenvalue weighted by molar-refractivity contribution is 6.55. The highest BCUT2D eigenvalue weighted by atomic mass is 15.0. The first kappa shape index (κ1) is 4.83. The van der Waals surface area contributed by atoms with Gasteiger partial charge in [0.05, 0.1) is 0 Å². The Morgan fingerprint density at radius 3 is 3.30 bits per heavy atom. The van der Waals surface area contributed by atoms with Crippen LogP contribution in [0.3, 0.4) is 0 Å². The summed E-state index contributed by atoms with van der Waals surface area (Å²) in [5.74, 6) is 3.11. The second-order valence-electron chi connectivity index (χ2n) is 3.09. The fraction of sp³-hybridized carbons (Fsp3) is 0.250. The minimum absolute atomic E-state index is 0.778. The van der Waals surface area contributed by atoms with Gasteiger partial charge in [-0.15, -0.1) is 0 Å². The van der Waals surface area contributed by atoms with E-state index >= 15 is 0 Å². The number of nitrogens with zero attached hydrogens (tertiary/aromatic N) is 1. The third-order valence-corrected chi connectivity index (χ3v) is 2.54. The summed E-state index contributed by atoms with van der Waals surface area (Å²) in [4.78, 5) is 0. The average molecular weight is 129 g/mol. The molecule has 0 aromatic carbocycles. The van der Waals surface area contributed by atoms with Crippen LogP contribution in [0.5, 0.6) is 0 Å². The Kier molecular flexibility index (Phi) is 0.672. The number of aromatic nitrogens is 1. The standard InChI is InChI=1S/C8H8BN/c1-2-7-5-9-8-4-3-6(1)10(7)8/h1-3,5,8-9H,4H2/t8-/m0/s1. The van der Waals surface area contributed by atoms with Crippen LogP contribution in [0.1, 0.15) is 12.4 Å². The highest BCUT2D eigenvalue weighted by Gasteiger charge is 2.20. The van der Waals surface area contributed by atoms with Gasteiger partial charge in [-0.3, -0.25) is 0 Å². The van der Waals surface area contributed by atoms with E-state index in [9.17, 15) is 0 Å². The maximum absolute atomic E-state index is 2.44. The van der Waals surface area contributed by atoms with E-state index in [1.54, 1.807) is 0 Å². The summed E-state index contributed by atoms with van der Waals surface area (Å²) in [6, 6.07) is 4.43. The molecule has 2 heteroatoms. The van der Waals surface area contributed by atoms with Gasteiger partial charge in [0.15, 0.2) is 7.28 Å². The van der Waals surface area contributed by atoms with Crippen LogP contribution in [-0.4, -0.2) is 11.8 Å². The van der Waals surface area contributed by atoms with Crippen LogP contribution in [0.15, 0.2) is 12.1 Å². The minimum Gasteiger partial charge on any atom is -0.347 e. The van der Waals surface area contributed by atoms with Crippen LogP contribution >= 0.6 is 0 Å². The van der Waals surface area contributed by atoms with Crippen molar-refractivity contribution in [3.63, 3.8) is 0 Å². The van der Waals surface area contributed by atoms with Crippen molar-refractivity contribution in [2.45, 2.75) is 12.4 Å². The molecule has 0 radical (unpaired) electrons. The molecule has 1 aromatic rings. The summed E-state index contributed by atoms with van der Waals surface area (Å²) < 4.78 is 2.44. The maximum atomic E-state index is 2.44. The molecule has 10 heavy (non-hydrogen) atoms. The molecule has 0 saturated heterocycles. The Hall–Kier alpha value is -0.915. The smallest absolute Gasteiger partial charge is 0.178 e. The molecule has 1 aromatic heterocycles. The van der Waals surface area contributed by atoms with Gasteiger partial charge in [-0.2, -0.15) is 0 Å². The van der Waals surface area contributed by atoms with Gasteiger partial charge in [-0.1, -0.05) is 12.1 Å². The topological polar surface area (TPSA) is 4.93 Å². The molecule has 0 spiro atoms. The van der Waals surface area contributed by atoms with Crippen LogP contribution in [0.25, 0.3) is 12.1 Å². The van der Waals surface area contributed by atoms with Crippen molar-refractivity contribution < 1.29 is 0 Å². The first-order valence-electron chi connectivity index (χ1n) is 3.83. The highest BCUT2D eigenvalue weighted by Crippen LogP contribution is 2.14. The van der Waals surface area contributed by atoms with Crippen LogP contribution in [-0.2, 0) is 0 Å². The molecule has 2 aliphatic rings. The molecule has 0 unspecified atom stereocenters. The Balaban J connectivity index is 2.58. The molecule has 0 aliphatic carbocycles. The Bertz CT molecular complexity index is 352. The summed E-state index contributed by atoms with van der Waals surface area (Å²) >= 11 is 0. The lowest BCUT2D eigenvalue weighted by Gasteiger charge is -2.03. The van der Waals surface area contributed by atoms with Gasteiger partial charge in [0.25, 0.3) is 0 Å².